The second-order valence-corrected chi connectivity index (χ2v) is 5.32. The van der Waals surface area contributed by atoms with E-state index in [1.165, 1.54) is 0 Å². The lowest BCUT2D eigenvalue weighted by molar-refractivity contribution is -0.129. The molecule has 2 unspecified atom stereocenters. The van der Waals surface area contributed by atoms with Gasteiger partial charge in [0, 0.05) is 26.2 Å². The van der Waals surface area contributed by atoms with Crippen LogP contribution in [0.2, 0.25) is 0 Å². The topological polar surface area (TPSA) is 52.6 Å². The summed E-state index contributed by atoms with van der Waals surface area (Å²) in [5.74, 6) is 1.68. The van der Waals surface area contributed by atoms with Gasteiger partial charge in [-0.2, -0.15) is 0 Å². The van der Waals surface area contributed by atoms with Crippen molar-refractivity contribution in [3.05, 3.63) is 29.8 Å². The fraction of sp³-hybridized carbons (Fsp3) is 0.500. The van der Waals surface area contributed by atoms with Gasteiger partial charge in [-0.25, -0.2) is 0 Å². The van der Waals surface area contributed by atoms with E-state index in [0.717, 1.165) is 31.7 Å². The molecule has 0 aromatic heterocycles. The Morgan fingerprint density at radius 3 is 2.72 bits per heavy atom. The number of fused-ring (bicyclic) bond motifs is 1. The number of nitrogens with zero attached hydrogens (tertiary/aromatic N) is 1. The Morgan fingerprint density at radius 2 is 2.06 bits per heavy atom. The first-order valence-corrected chi connectivity index (χ1v) is 6.49. The first kappa shape index (κ1) is 11.5. The largest absolute Gasteiger partial charge is 0.508 e. The summed E-state index contributed by atoms with van der Waals surface area (Å²) in [5.41, 5.74) is 0.884. The van der Waals surface area contributed by atoms with Crippen molar-refractivity contribution in [2.24, 2.45) is 11.8 Å². The lowest BCUT2D eigenvalue weighted by atomic mass is 10.0. The predicted molar refractivity (Wildman–Crippen MR) is 68.2 cm³/mol. The van der Waals surface area contributed by atoms with Crippen molar-refractivity contribution < 1.29 is 9.90 Å². The van der Waals surface area contributed by atoms with E-state index >= 15 is 0 Å². The van der Waals surface area contributed by atoms with Gasteiger partial charge in [-0.15, -0.1) is 0 Å². The summed E-state index contributed by atoms with van der Waals surface area (Å²) in [6, 6.07) is 6.95. The van der Waals surface area contributed by atoms with Crippen molar-refractivity contribution in [3.63, 3.8) is 0 Å². The van der Waals surface area contributed by atoms with Gasteiger partial charge in [-0.1, -0.05) is 12.1 Å². The third-order valence-electron chi connectivity index (χ3n) is 4.01. The number of benzene rings is 1. The number of aromatic hydroxyl groups is 1. The summed E-state index contributed by atoms with van der Waals surface area (Å²) >= 11 is 0. The van der Waals surface area contributed by atoms with Crippen LogP contribution in [0.25, 0.3) is 0 Å². The fourth-order valence-corrected chi connectivity index (χ4v) is 3.01. The summed E-state index contributed by atoms with van der Waals surface area (Å²) in [5, 5.41) is 12.8. The monoisotopic (exact) mass is 246 g/mol. The Balaban J connectivity index is 1.62. The number of rotatable bonds is 2. The standard InChI is InChI=1S/C14H18N2O2/c17-13-3-1-2-10(4-13)5-14(18)16-8-11-6-15-7-12(11)9-16/h1-4,11-12,15,17H,5-9H2. The maximum Gasteiger partial charge on any atom is 0.227 e. The highest BCUT2D eigenvalue weighted by Crippen LogP contribution is 2.26. The highest BCUT2D eigenvalue weighted by atomic mass is 16.3. The lowest BCUT2D eigenvalue weighted by Gasteiger charge is -2.17. The molecule has 1 aromatic carbocycles. The minimum Gasteiger partial charge on any atom is -0.508 e. The van der Waals surface area contributed by atoms with Gasteiger partial charge in [-0.05, 0) is 29.5 Å². The molecule has 4 heteroatoms. The van der Waals surface area contributed by atoms with Gasteiger partial charge in [0.15, 0.2) is 0 Å². The van der Waals surface area contributed by atoms with Crippen LogP contribution in [0.3, 0.4) is 0 Å². The molecule has 96 valence electrons. The molecule has 2 aliphatic rings. The molecule has 0 radical (unpaired) electrons. The Bertz CT molecular complexity index is 449. The average molecular weight is 246 g/mol. The van der Waals surface area contributed by atoms with E-state index in [0.29, 0.717) is 18.3 Å². The molecule has 1 aromatic rings. The minimum absolute atomic E-state index is 0.176. The van der Waals surface area contributed by atoms with Gasteiger partial charge in [0.1, 0.15) is 5.75 Å². The van der Waals surface area contributed by atoms with Crippen LogP contribution >= 0.6 is 0 Å². The molecule has 2 fully saturated rings. The van der Waals surface area contributed by atoms with E-state index in [1.807, 2.05) is 11.0 Å². The van der Waals surface area contributed by atoms with Crippen molar-refractivity contribution in [3.8, 4) is 5.75 Å². The first-order valence-electron chi connectivity index (χ1n) is 6.49. The van der Waals surface area contributed by atoms with Crippen molar-refractivity contribution in [1.82, 2.24) is 10.2 Å². The molecular weight excluding hydrogens is 228 g/mol. The van der Waals surface area contributed by atoms with Gasteiger partial charge >= 0.3 is 0 Å². The van der Waals surface area contributed by atoms with Gasteiger partial charge < -0.3 is 15.3 Å². The third kappa shape index (κ3) is 2.20. The molecule has 1 amide bonds. The van der Waals surface area contributed by atoms with Gasteiger partial charge in [0.2, 0.25) is 5.91 Å². The number of nitrogens with one attached hydrogen (secondary N) is 1. The lowest BCUT2D eigenvalue weighted by Crippen LogP contribution is -2.32. The maximum atomic E-state index is 12.2. The van der Waals surface area contributed by atoms with Crippen molar-refractivity contribution in [2.45, 2.75) is 6.42 Å². The quantitative estimate of drug-likeness (QED) is 0.804. The van der Waals surface area contributed by atoms with Crippen LogP contribution in [0, 0.1) is 11.8 Å². The van der Waals surface area contributed by atoms with E-state index in [9.17, 15) is 9.90 Å². The van der Waals surface area contributed by atoms with Crippen LogP contribution in [0.15, 0.2) is 24.3 Å². The summed E-state index contributed by atoms with van der Waals surface area (Å²) in [6.07, 6.45) is 0.390. The number of likely N-dealkylation sites (tertiary alicyclic amines) is 1. The number of carbonyl (C=O) groups is 1. The zero-order valence-corrected chi connectivity index (χ0v) is 10.3. The number of carbonyl (C=O) groups excluding carboxylic acids is 1. The average Bonchev–Trinajstić information content (AvgIpc) is 2.88. The zero-order chi connectivity index (χ0) is 12.5. The summed E-state index contributed by atoms with van der Waals surface area (Å²) < 4.78 is 0. The molecule has 4 nitrogen and oxygen atoms in total. The summed E-state index contributed by atoms with van der Waals surface area (Å²) in [6.45, 7) is 3.85. The molecule has 2 heterocycles. The molecule has 0 saturated carbocycles. The molecule has 2 saturated heterocycles. The van der Waals surface area contributed by atoms with Crippen LogP contribution in [0.1, 0.15) is 5.56 Å². The van der Waals surface area contributed by atoms with Crippen LogP contribution < -0.4 is 5.32 Å². The zero-order valence-electron chi connectivity index (χ0n) is 10.3. The van der Waals surface area contributed by atoms with E-state index < -0.39 is 0 Å². The van der Waals surface area contributed by atoms with Gasteiger partial charge in [0.05, 0.1) is 6.42 Å². The summed E-state index contributed by atoms with van der Waals surface area (Å²) in [7, 11) is 0. The van der Waals surface area contributed by atoms with Gasteiger partial charge in [0.25, 0.3) is 0 Å². The van der Waals surface area contributed by atoms with Crippen LogP contribution in [0.5, 0.6) is 5.75 Å². The highest BCUT2D eigenvalue weighted by molar-refractivity contribution is 5.79. The number of hydrogen-bond donors (Lipinski definition) is 2. The second-order valence-electron chi connectivity index (χ2n) is 5.32. The summed E-state index contributed by atoms with van der Waals surface area (Å²) in [4.78, 5) is 14.2. The molecule has 0 aliphatic carbocycles. The smallest absolute Gasteiger partial charge is 0.227 e. The fourth-order valence-electron chi connectivity index (χ4n) is 3.01. The number of amides is 1. The molecule has 18 heavy (non-hydrogen) atoms. The SMILES string of the molecule is O=C(Cc1cccc(O)c1)N1CC2CNCC2C1. The molecule has 2 atom stereocenters. The van der Waals surface area contributed by atoms with Crippen molar-refractivity contribution in [2.75, 3.05) is 26.2 Å². The third-order valence-corrected chi connectivity index (χ3v) is 4.01. The van der Waals surface area contributed by atoms with Crippen LogP contribution in [-0.2, 0) is 11.2 Å². The molecule has 0 bridgehead atoms. The second kappa shape index (κ2) is 4.61. The normalized spacial score (nSPS) is 26.3. The number of phenolic OH excluding ortho intramolecular Hbond substituents is 1. The molecule has 2 N–H and O–H groups in total. The Morgan fingerprint density at radius 1 is 1.33 bits per heavy atom. The maximum absolute atomic E-state index is 12.2. The minimum atomic E-state index is 0.176. The molecule has 3 rings (SSSR count). The van der Waals surface area contributed by atoms with Crippen LogP contribution in [0.4, 0.5) is 0 Å². The van der Waals surface area contributed by atoms with Crippen LogP contribution in [-0.4, -0.2) is 42.1 Å². The van der Waals surface area contributed by atoms with Gasteiger partial charge in [-0.3, -0.25) is 4.79 Å². The van der Waals surface area contributed by atoms with Crippen molar-refractivity contribution in [1.29, 1.82) is 0 Å². The van der Waals surface area contributed by atoms with E-state index in [2.05, 4.69) is 5.32 Å². The molecule has 0 spiro atoms. The van der Waals surface area contributed by atoms with Crippen molar-refractivity contribution >= 4 is 5.91 Å². The number of hydrogen-bond acceptors (Lipinski definition) is 3. The van der Waals surface area contributed by atoms with E-state index in [1.54, 1.807) is 18.2 Å². The Hall–Kier alpha value is -1.55. The number of phenols is 1. The van der Waals surface area contributed by atoms with E-state index in [-0.39, 0.29) is 11.7 Å². The molecular formula is C14H18N2O2. The highest BCUT2D eigenvalue weighted by Gasteiger charge is 2.37. The van der Waals surface area contributed by atoms with E-state index in [4.69, 9.17) is 0 Å². The predicted octanol–water partition coefficient (Wildman–Crippen LogP) is 0.612. The molecule has 2 aliphatic heterocycles. The Labute approximate surface area is 107 Å². The first-order chi connectivity index (χ1) is 8.72. The Kier molecular flexibility index (Phi) is 2.96.